The summed E-state index contributed by atoms with van der Waals surface area (Å²) >= 11 is 0. The van der Waals surface area contributed by atoms with Crippen LogP contribution in [0.15, 0.2) is 83.8 Å². The first kappa shape index (κ1) is 45.2. The molecule has 0 bridgehead atoms. The average molecular weight is 836 g/mol. The zero-order valence-electron chi connectivity index (χ0n) is 32.6. The SMILES string of the molecule is CCOC(=O)C1(S(=O)(=O)c2ccc(Oc3ccc(OC(F)(F)F)cc3)cc2)CCN(C(=O)[C@H](CCCCNC(=O)OCc2ccccc2)NC(=O)OC(C)(C)C)CC1. The molecule has 3 aromatic carbocycles. The van der Waals surface area contributed by atoms with Gasteiger partial charge in [0.2, 0.25) is 5.91 Å². The monoisotopic (exact) mass is 835 g/mol. The number of piperidine rings is 1. The van der Waals surface area contributed by atoms with Crippen molar-refractivity contribution in [1.29, 1.82) is 0 Å². The highest BCUT2D eigenvalue weighted by Gasteiger charge is 2.55. The van der Waals surface area contributed by atoms with Crippen LogP contribution in [0, 0.1) is 0 Å². The third-order valence-corrected chi connectivity index (χ3v) is 11.4. The summed E-state index contributed by atoms with van der Waals surface area (Å²) in [6, 6.07) is 17.9. The summed E-state index contributed by atoms with van der Waals surface area (Å²) in [5.74, 6) is -1.61. The maximum absolute atomic E-state index is 14.2. The standard InChI is InChI=1S/C40H48F3N3O11S/c1-5-53-35(48)39(58(51,52)32-20-18-30(19-21-32)55-29-14-16-31(17-15-29)56-40(41,42)43)22-25-46(26-23-39)34(47)33(45-37(50)57-38(2,3)4)13-9-10-24-44-36(49)54-27-28-11-7-6-8-12-28/h6-8,11-12,14-21,33H,5,9-10,13,22-27H2,1-4H3,(H,44,49)(H,45,50)/t33-/m0/s1. The Hall–Kier alpha value is -5.52. The Morgan fingerprint density at radius 2 is 1.40 bits per heavy atom. The molecule has 1 saturated heterocycles. The molecule has 18 heteroatoms. The smallest absolute Gasteiger partial charge is 0.465 e. The maximum atomic E-state index is 14.2. The van der Waals surface area contributed by atoms with Crippen molar-refractivity contribution in [3.05, 3.63) is 84.4 Å². The Morgan fingerprint density at radius 3 is 1.97 bits per heavy atom. The Bertz CT molecular complexity index is 1950. The van der Waals surface area contributed by atoms with Gasteiger partial charge in [0.25, 0.3) is 0 Å². The lowest BCUT2D eigenvalue weighted by atomic mass is 9.94. The van der Waals surface area contributed by atoms with Gasteiger partial charge >= 0.3 is 24.5 Å². The van der Waals surface area contributed by atoms with Crippen LogP contribution in [0.3, 0.4) is 0 Å². The summed E-state index contributed by atoms with van der Waals surface area (Å²) in [7, 11) is -4.44. The van der Waals surface area contributed by atoms with Crippen LogP contribution in [0.25, 0.3) is 0 Å². The number of sulfone groups is 1. The number of amides is 3. The topological polar surface area (TPSA) is 176 Å². The van der Waals surface area contributed by atoms with Gasteiger partial charge in [-0.25, -0.2) is 18.0 Å². The molecule has 316 valence electrons. The number of esters is 1. The first-order valence-corrected chi connectivity index (χ1v) is 20.1. The van der Waals surface area contributed by atoms with Crippen LogP contribution in [0.1, 0.15) is 65.4 Å². The van der Waals surface area contributed by atoms with Crippen molar-refractivity contribution in [2.75, 3.05) is 26.2 Å². The molecule has 2 N–H and O–H groups in total. The molecule has 1 aliphatic rings. The van der Waals surface area contributed by atoms with Crippen LogP contribution in [0.4, 0.5) is 22.8 Å². The predicted molar refractivity (Wildman–Crippen MR) is 204 cm³/mol. The number of carbonyl (C=O) groups excluding carboxylic acids is 4. The number of alkyl halides is 3. The summed E-state index contributed by atoms with van der Waals surface area (Å²) in [5, 5.41) is 5.28. The molecule has 0 saturated carbocycles. The third-order valence-electron chi connectivity index (χ3n) is 8.86. The second-order valence-electron chi connectivity index (χ2n) is 14.3. The van der Waals surface area contributed by atoms with Gasteiger partial charge in [0.1, 0.15) is 35.5 Å². The van der Waals surface area contributed by atoms with E-state index in [-0.39, 0.29) is 68.5 Å². The number of rotatable bonds is 16. The number of nitrogens with zero attached hydrogens (tertiary/aromatic N) is 1. The van der Waals surface area contributed by atoms with E-state index in [2.05, 4.69) is 15.4 Å². The van der Waals surface area contributed by atoms with E-state index in [1.54, 1.807) is 27.7 Å². The zero-order chi connectivity index (χ0) is 42.6. The summed E-state index contributed by atoms with van der Waals surface area (Å²) in [6.45, 7) is 6.49. The van der Waals surface area contributed by atoms with Crippen molar-refractivity contribution in [3.8, 4) is 17.2 Å². The molecular weight excluding hydrogens is 788 g/mol. The minimum absolute atomic E-state index is 0.0974. The Kier molecular flexibility index (Phi) is 15.4. The van der Waals surface area contributed by atoms with Gasteiger partial charge in [-0.3, -0.25) is 9.59 Å². The van der Waals surface area contributed by atoms with E-state index < -0.39 is 62.4 Å². The summed E-state index contributed by atoms with van der Waals surface area (Å²) < 4.78 is 89.3. The molecule has 3 aromatic rings. The molecule has 1 fully saturated rings. The molecule has 0 unspecified atom stereocenters. The third kappa shape index (κ3) is 13.0. The first-order chi connectivity index (χ1) is 27.3. The minimum atomic E-state index is -4.86. The van der Waals surface area contributed by atoms with Gasteiger partial charge in [0, 0.05) is 19.6 Å². The molecule has 3 amide bonds. The van der Waals surface area contributed by atoms with Crippen LogP contribution in [-0.2, 0) is 40.2 Å². The van der Waals surface area contributed by atoms with E-state index in [0.29, 0.717) is 12.8 Å². The highest BCUT2D eigenvalue weighted by Crippen LogP contribution is 2.38. The summed E-state index contributed by atoms with van der Waals surface area (Å²) in [6.07, 6.45) is -5.90. The van der Waals surface area contributed by atoms with Gasteiger partial charge in [0.15, 0.2) is 14.6 Å². The largest absolute Gasteiger partial charge is 0.573 e. The predicted octanol–water partition coefficient (Wildman–Crippen LogP) is 7.07. The molecule has 58 heavy (non-hydrogen) atoms. The fraction of sp³-hybridized carbons (Fsp3) is 0.450. The first-order valence-electron chi connectivity index (χ1n) is 18.6. The lowest BCUT2D eigenvalue weighted by Crippen LogP contribution is -2.58. The normalized spacial score (nSPS) is 14.7. The maximum Gasteiger partial charge on any atom is 0.573 e. The number of hydrogen-bond acceptors (Lipinski definition) is 11. The molecule has 0 aliphatic carbocycles. The molecule has 4 rings (SSSR count). The van der Waals surface area contributed by atoms with Crippen LogP contribution in [0.5, 0.6) is 17.2 Å². The molecule has 0 spiro atoms. The summed E-state index contributed by atoms with van der Waals surface area (Å²) in [4.78, 5) is 53.5. The Balaban J connectivity index is 1.41. The van der Waals surface area contributed by atoms with Gasteiger partial charge in [-0.15, -0.1) is 13.2 Å². The molecule has 1 aliphatic heterocycles. The zero-order valence-corrected chi connectivity index (χ0v) is 33.5. The second-order valence-corrected chi connectivity index (χ2v) is 16.6. The number of benzene rings is 3. The van der Waals surface area contributed by atoms with Gasteiger partial charge in [0.05, 0.1) is 11.5 Å². The number of likely N-dealkylation sites (tertiary alicyclic amines) is 1. The quantitative estimate of drug-likeness (QED) is 0.0858. The van der Waals surface area contributed by atoms with Crippen LogP contribution < -0.4 is 20.1 Å². The molecule has 0 aromatic heterocycles. The number of nitrogens with one attached hydrogen (secondary N) is 2. The Labute approximate surface area is 335 Å². The van der Waals surface area contributed by atoms with Crippen molar-refractivity contribution in [1.82, 2.24) is 15.5 Å². The summed E-state index contributed by atoms with van der Waals surface area (Å²) in [5.41, 5.74) is -0.0248. The lowest BCUT2D eigenvalue weighted by molar-refractivity contribution is -0.274. The van der Waals surface area contributed by atoms with Crippen molar-refractivity contribution in [3.63, 3.8) is 0 Å². The van der Waals surface area contributed by atoms with Crippen molar-refractivity contribution >= 4 is 33.9 Å². The van der Waals surface area contributed by atoms with E-state index in [4.69, 9.17) is 18.9 Å². The lowest BCUT2D eigenvalue weighted by Gasteiger charge is -2.40. The molecular formula is C40H48F3N3O11S. The highest BCUT2D eigenvalue weighted by atomic mass is 32.2. The van der Waals surface area contributed by atoms with Crippen molar-refractivity contribution in [2.24, 2.45) is 0 Å². The minimum Gasteiger partial charge on any atom is -0.465 e. The Morgan fingerprint density at radius 1 is 0.810 bits per heavy atom. The van der Waals surface area contributed by atoms with Crippen molar-refractivity contribution in [2.45, 2.75) is 94.1 Å². The van der Waals surface area contributed by atoms with Gasteiger partial charge in [-0.05, 0) is 114 Å². The van der Waals surface area contributed by atoms with Crippen LogP contribution >= 0.6 is 0 Å². The number of ether oxygens (including phenoxy) is 5. The van der Waals surface area contributed by atoms with Crippen LogP contribution in [-0.4, -0.2) is 86.4 Å². The van der Waals surface area contributed by atoms with Gasteiger partial charge < -0.3 is 39.2 Å². The highest BCUT2D eigenvalue weighted by molar-refractivity contribution is 7.93. The number of alkyl carbamates (subject to hydrolysis) is 2. The molecule has 1 heterocycles. The number of halogens is 3. The fourth-order valence-electron chi connectivity index (χ4n) is 6.06. The van der Waals surface area contributed by atoms with E-state index in [0.717, 1.165) is 17.7 Å². The van der Waals surface area contributed by atoms with Gasteiger partial charge in [-0.1, -0.05) is 30.3 Å². The molecule has 14 nitrogen and oxygen atoms in total. The molecule has 1 atom stereocenters. The fourth-order valence-corrected chi connectivity index (χ4v) is 8.00. The number of hydrogen-bond donors (Lipinski definition) is 2. The number of carbonyl (C=O) groups is 4. The average Bonchev–Trinajstić information content (AvgIpc) is 3.16. The van der Waals surface area contributed by atoms with E-state index in [1.165, 1.54) is 41.3 Å². The van der Waals surface area contributed by atoms with E-state index in [1.807, 2.05) is 30.3 Å². The van der Waals surface area contributed by atoms with Gasteiger partial charge in [-0.2, -0.15) is 0 Å². The van der Waals surface area contributed by atoms with E-state index >= 15 is 0 Å². The molecule has 0 radical (unpaired) electrons. The number of unbranched alkanes of at least 4 members (excludes halogenated alkanes) is 1. The van der Waals surface area contributed by atoms with E-state index in [9.17, 15) is 40.8 Å². The second kappa shape index (κ2) is 19.8. The van der Waals surface area contributed by atoms with Crippen molar-refractivity contribution < 1.29 is 64.5 Å². The van der Waals surface area contributed by atoms with Crippen LogP contribution in [0.2, 0.25) is 0 Å².